The van der Waals surface area contributed by atoms with Crippen LogP contribution in [0.15, 0.2) is 83.2 Å². The first kappa shape index (κ1) is 23.6. The topological polar surface area (TPSA) is 60.0 Å². The van der Waals surface area contributed by atoms with Gasteiger partial charge in [-0.1, -0.05) is 48.6 Å². The van der Waals surface area contributed by atoms with Crippen molar-refractivity contribution in [1.82, 2.24) is 0 Å². The molecule has 0 amide bonds. The molecule has 4 nitrogen and oxygen atoms in total. The van der Waals surface area contributed by atoms with E-state index in [-0.39, 0.29) is 0 Å². The number of ether oxygens (including phenoxy) is 1. The second-order valence-corrected chi connectivity index (χ2v) is 10.5. The van der Waals surface area contributed by atoms with Crippen LogP contribution < -0.4 is 4.90 Å². The van der Waals surface area contributed by atoms with E-state index in [9.17, 15) is 10.5 Å². The second-order valence-electron chi connectivity index (χ2n) is 8.36. The lowest BCUT2D eigenvalue weighted by Crippen LogP contribution is -2.23. The van der Waals surface area contributed by atoms with Crippen LogP contribution in [0.1, 0.15) is 30.7 Å². The van der Waals surface area contributed by atoms with Crippen molar-refractivity contribution in [2.24, 2.45) is 0 Å². The average Bonchev–Trinajstić information content (AvgIpc) is 3.49. The van der Waals surface area contributed by atoms with Gasteiger partial charge in [0.2, 0.25) is 0 Å². The molecule has 34 heavy (non-hydrogen) atoms. The highest BCUT2D eigenvalue weighted by atomic mass is 32.1. The molecule has 0 bridgehead atoms. The Balaban J connectivity index is 1.58. The van der Waals surface area contributed by atoms with Gasteiger partial charge in [0.05, 0.1) is 16.6 Å². The van der Waals surface area contributed by atoms with Crippen molar-refractivity contribution in [1.29, 1.82) is 10.5 Å². The van der Waals surface area contributed by atoms with Crippen molar-refractivity contribution in [3.8, 4) is 12.1 Å². The van der Waals surface area contributed by atoms with E-state index in [4.69, 9.17) is 4.74 Å². The maximum Gasteiger partial charge on any atom is 0.158 e. The minimum Gasteiger partial charge on any atom is -0.476 e. The molecule has 0 fully saturated rings. The molecule has 2 aromatic heterocycles. The zero-order valence-electron chi connectivity index (χ0n) is 19.6. The van der Waals surface area contributed by atoms with Crippen LogP contribution in [-0.2, 0) is 10.3 Å². The van der Waals surface area contributed by atoms with Crippen molar-refractivity contribution in [2.75, 3.05) is 19.0 Å². The predicted molar refractivity (Wildman–Crippen MR) is 143 cm³/mol. The van der Waals surface area contributed by atoms with Crippen LogP contribution in [0.3, 0.4) is 0 Å². The van der Waals surface area contributed by atoms with Crippen LogP contribution in [0.5, 0.6) is 0 Å². The largest absolute Gasteiger partial charge is 0.476 e. The number of rotatable bonds is 6. The summed E-state index contributed by atoms with van der Waals surface area (Å²) in [6, 6.07) is 18.7. The first-order valence-corrected chi connectivity index (χ1v) is 12.5. The van der Waals surface area contributed by atoms with Crippen molar-refractivity contribution >= 4 is 43.2 Å². The van der Waals surface area contributed by atoms with Gasteiger partial charge in [-0.25, -0.2) is 0 Å². The standard InChI is InChI=1S/C28H25N3OS2/c1-19(17-29)27-22(18-30)23(28(2,32-27)20-11-7-5-8-12-20)14-10-6-9-13-21-15-24-25(33-21)16-26(34-24)31(3)4/h5,7-16H,6H2,1-4H3/b13-9+,14-10+,27-19+. The Bertz CT molecular complexity index is 1390. The minimum atomic E-state index is -0.831. The summed E-state index contributed by atoms with van der Waals surface area (Å²) in [5, 5.41) is 20.6. The molecule has 4 rings (SSSR count). The fraction of sp³-hybridized carbons (Fsp3) is 0.214. The van der Waals surface area contributed by atoms with E-state index < -0.39 is 5.60 Å². The third-order valence-corrected chi connectivity index (χ3v) is 8.18. The molecule has 1 atom stereocenters. The molecule has 0 saturated carbocycles. The van der Waals surface area contributed by atoms with Crippen molar-refractivity contribution in [3.05, 3.63) is 93.6 Å². The van der Waals surface area contributed by atoms with E-state index in [0.717, 1.165) is 17.6 Å². The lowest BCUT2D eigenvalue weighted by atomic mass is 9.86. The average molecular weight is 484 g/mol. The Hall–Kier alpha value is -3.58. The number of fused-ring (bicyclic) bond motifs is 1. The molecule has 1 aliphatic rings. The van der Waals surface area contributed by atoms with Crippen LogP contribution in [-0.4, -0.2) is 14.1 Å². The van der Waals surface area contributed by atoms with Crippen LogP contribution in [0.2, 0.25) is 0 Å². The highest BCUT2D eigenvalue weighted by Gasteiger charge is 2.43. The van der Waals surface area contributed by atoms with Crippen molar-refractivity contribution in [2.45, 2.75) is 25.9 Å². The summed E-state index contributed by atoms with van der Waals surface area (Å²) in [6.45, 7) is 3.63. The summed E-state index contributed by atoms with van der Waals surface area (Å²) in [5.74, 6) is 0.363. The van der Waals surface area contributed by atoms with Gasteiger partial charge in [0.15, 0.2) is 11.4 Å². The molecule has 0 saturated heterocycles. The number of nitrogens with zero attached hydrogens (tertiary/aromatic N) is 3. The van der Waals surface area contributed by atoms with Crippen LogP contribution in [0, 0.1) is 22.7 Å². The third kappa shape index (κ3) is 4.43. The monoisotopic (exact) mass is 483 g/mol. The normalized spacial score (nSPS) is 19.6. The third-order valence-electron chi connectivity index (χ3n) is 5.75. The summed E-state index contributed by atoms with van der Waals surface area (Å²) < 4.78 is 8.89. The first-order chi connectivity index (χ1) is 16.4. The van der Waals surface area contributed by atoms with Gasteiger partial charge in [0, 0.05) is 33.9 Å². The Morgan fingerprint density at radius 3 is 2.41 bits per heavy atom. The number of hydrogen-bond donors (Lipinski definition) is 0. The van der Waals surface area contributed by atoms with E-state index in [1.807, 2.05) is 49.4 Å². The van der Waals surface area contributed by atoms with Gasteiger partial charge in [-0.05, 0) is 44.0 Å². The fourth-order valence-electron chi connectivity index (χ4n) is 3.90. The molecule has 1 aromatic carbocycles. The molecule has 3 heterocycles. The van der Waals surface area contributed by atoms with Gasteiger partial charge in [0.1, 0.15) is 11.6 Å². The molecule has 6 heteroatoms. The lowest BCUT2D eigenvalue weighted by molar-refractivity contribution is 0.0749. The highest BCUT2D eigenvalue weighted by molar-refractivity contribution is 7.30. The number of thiophene rings is 2. The molecule has 0 aliphatic carbocycles. The van der Waals surface area contributed by atoms with E-state index in [2.05, 4.69) is 55.4 Å². The molecule has 3 aromatic rings. The van der Waals surface area contributed by atoms with E-state index in [1.165, 1.54) is 19.3 Å². The van der Waals surface area contributed by atoms with Crippen LogP contribution in [0.25, 0.3) is 15.5 Å². The molecular weight excluding hydrogens is 458 g/mol. The summed E-state index contributed by atoms with van der Waals surface area (Å²) in [7, 11) is 4.13. The SMILES string of the molecule is C/C(C#N)=C1\OC(C)(c2ccccc2)C(/C=C/C/C=C/c2cc3sc(N(C)C)cc3s2)=C1C#N. The van der Waals surface area contributed by atoms with Crippen molar-refractivity contribution < 1.29 is 4.74 Å². The predicted octanol–water partition coefficient (Wildman–Crippen LogP) is 7.55. The quantitative estimate of drug-likeness (QED) is 0.340. The van der Waals surface area contributed by atoms with Gasteiger partial charge >= 0.3 is 0 Å². The molecule has 0 spiro atoms. The smallest absolute Gasteiger partial charge is 0.158 e. The molecule has 0 radical (unpaired) electrons. The summed E-state index contributed by atoms with van der Waals surface area (Å²) in [4.78, 5) is 3.36. The van der Waals surface area contributed by atoms with Gasteiger partial charge in [-0.3, -0.25) is 0 Å². The Labute approximate surface area is 208 Å². The number of nitriles is 2. The second kappa shape index (κ2) is 9.73. The van der Waals surface area contributed by atoms with Crippen LogP contribution >= 0.6 is 22.7 Å². The van der Waals surface area contributed by atoms with Gasteiger partial charge in [0.25, 0.3) is 0 Å². The lowest BCUT2D eigenvalue weighted by Gasteiger charge is -2.27. The molecule has 1 aliphatic heterocycles. The van der Waals surface area contributed by atoms with E-state index >= 15 is 0 Å². The maximum atomic E-state index is 9.90. The summed E-state index contributed by atoms with van der Waals surface area (Å²) in [5.41, 5.74) is 1.70. The Morgan fingerprint density at radius 2 is 1.76 bits per heavy atom. The molecule has 1 unspecified atom stereocenters. The number of benzene rings is 1. The maximum absolute atomic E-state index is 9.90. The zero-order chi connectivity index (χ0) is 24.3. The van der Waals surface area contributed by atoms with Crippen LogP contribution in [0.4, 0.5) is 5.00 Å². The zero-order valence-corrected chi connectivity index (χ0v) is 21.3. The Morgan fingerprint density at radius 1 is 1.06 bits per heavy atom. The molecule has 0 N–H and O–H groups in total. The first-order valence-electron chi connectivity index (χ1n) is 10.9. The van der Waals surface area contributed by atoms with Gasteiger partial charge in [-0.15, -0.1) is 22.7 Å². The summed E-state index contributed by atoms with van der Waals surface area (Å²) >= 11 is 3.59. The molecule has 170 valence electrons. The molecular formula is C28H25N3OS2. The highest BCUT2D eigenvalue weighted by Crippen LogP contribution is 2.46. The Kier molecular flexibility index (Phi) is 6.75. The van der Waals surface area contributed by atoms with E-state index in [1.54, 1.807) is 29.6 Å². The van der Waals surface area contributed by atoms with Crippen molar-refractivity contribution in [3.63, 3.8) is 0 Å². The number of hydrogen-bond acceptors (Lipinski definition) is 6. The minimum absolute atomic E-state index is 0.363. The van der Waals surface area contributed by atoms with Gasteiger partial charge in [-0.2, -0.15) is 10.5 Å². The van der Waals surface area contributed by atoms with E-state index in [0.29, 0.717) is 16.9 Å². The fourth-order valence-corrected chi connectivity index (χ4v) is 6.16. The number of anilines is 1. The number of allylic oxidation sites excluding steroid dienone is 4. The summed E-state index contributed by atoms with van der Waals surface area (Å²) in [6.07, 6.45) is 8.99. The van der Waals surface area contributed by atoms with Gasteiger partial charge < -0.3 is 9.64 Å².